The van der Waals surface area contributed by atoms with Gasteiger partial charge in [0.25, 0.3) is 5.91 Å². The third kappa shape index (κ3) is 5.66. The fourth-order valence-corrected chi connectivity index (χ4v) is 5.20. The van der Waals surface area contributed by atoms with Crippen LogP contribution in [0.1, 0.15) is 38.5 Å². The summed E-state index contributed by atoms with van der Waals surface area (Å²) >= 11 is 0. The van der Waals surface area contributed by atoms with Crippen LogP contribution in [0.3, 0.4) is 0 Å². The van der Waals surface area contributed by atoms with Gasteiger partial charge in [-0.1, -0.05) is 0 Å². The molecule has 10 nitrogen and oxygen atoms in total. The minimum atomic E-state index is -5.08. The van der Waals surface area contributed by atoms with E-state index >= 15 is 0 Å². The average molecular weight is 516 g/mol. The zero-order valence-corrected chi connectivity index (χ0v) is 20.2. The van der Waals surface area contributed by atoms with Crippen molar-refractivity contribution in [1.82, 2.24) is 19.6 Å². The molecule has 2 amide bonds. The Morgan fingerprint density at radius 1 is 1.17 bits per heavy atom. The van der Waals surface area contributed by atoms with Crippen LogP contribution in [0.2, 0.25) is 0 Å². The molecule has 5 rings (SSSR count). The fraction of sp³-hybridized carbons (Fsp3) is 0.739. The van der Waals surface area contributed by atoms with E-state index in [-0.39, 0.29) is 17.9 Å². The van der Waals surface area contributed by atoms with E-state index in [4.69, 9.17) is 14.6 Å². The van der Waals surface area contributed by atoms with Gasteiger partial charge in [-0.2, -0.15) is 18.3 Å². The molecule has 3 saturated heterocycles. The van der Waals surface area contributed by atoms with Gasteiger partial charge in [0.2, 0.25) is 5.91 Å². The van der Waals surface area contributed by atoms with Gasteiger partial charge in [-0.25, -0.2) is 4.79 Å². The lowest BCUT2D eigenvalue weighted by molar-refractivity contribution is -0.192. The van der Waals surface area contributed by atoms with Crippen LogP contribution in [0, 0.1) is 5.92 Å². The topological polar surface area (TPSA) is 108 Å². The number of piperazine rings is 1. The van der Waals surface area contributed by atoms with Crippen LogP contribution in [0.15, 0.2) is 12.4 Å². The average Bonchev–Trinajstić information content (AvgIpc) is 3.28. The minimum absolute atomic E-state index is 0.110. The molecule has 4 heterocycles. The molecule has 1 saturated carbocycles. The first-order valence-electron chi connectivity index (χ1n) is 12.3. The van der Waals surface area contributed by atoms with Crippen molar-refractivity contribution >= 4 is 23.5 Å². The first-order chi connectivity index (χ1) is 17.0. The second kappa shape index (κ2) is 10.4. The molecule has 0 radical (unpaired) electrons. The highest BCUT2D eigenvalue weighted by molar-refractivity contribution is 6.01. The van der Waals surface area contributed by atoms with Gasteiger partial charge < -0.3 is 19.6 Å². The number of nitrogens with zero attached hydrogens (tertiary/aromatic N) is 5. The van der Waals surface area contributed by atoms with Crippen molar-refractivity contribution < 1.29 is 37.4 Å². The van der Waals surface area contributed by atoms with E-state index in [1.807, 2.05) is 23.0 Å². The van der Waals surface area contributed by atoms with Gasteiger partial charge in [0, 0.05) is 52.6 Å². The SMILES string of the molecule is Cn1cc(N2CCN(CC3CC3)C3(CCN(C(=O)[C@H]4CCCO4)CC3)C2=O)cn1.O=C(O)C(F)(F)F. The number of amides is 2. The predicted molar refractivity (Wildman–Crippen MR) is 121 cm³/mol. The molecule has 0 aromatic carbocycles. The quantitative estimate of drug-likeness (QED) is 0.650. The van der Waals surface area contributed by atoms with Crippen molar-refractivity contribution in [3.05, 3.63) is 12.4 Å². The van der Waals surface area contributed by atoms with E-state index in [0.29, 0.717) is 39.1 Å². The highest BCUT2D eigenvalue weighted by Gasteiger charge is 2.52. The lowest BCUT2D eigenvalue weighted by atomic mass is 9.81. The molecular formula is C23H32F3N5O5. The Hall–Kier alpha value is -2.67. The van der Waals surface area contributed by atoms with Gasteiger partial charge in [0.05, 0.1) is 11.9 Å². The largest absolute Gasteiger partial charge is 0.490 e. The summed E-state index contributed by atoms with van der Waals surface area (Å²) < 4.78 is 39.1. The fourth-order valence-electron chi connectivity index (χ4n) is 5.20. The Balaban J connectivity index is 0.000000384. The van der Waals surface area contributed by atoms with Crippen molar-refractivity contribution in [3.63, 3.8) is 0 Å². The van der Waals surface area contributed by atoms with Gasteiger partial charge in [-0.3, -0.25) is 19.2 Å². The molecule has 4 aliphatic rings. The summed E-state index contributed by atoms with van der Waals surface area (Å²) in [6.07, 6.45) is 4.07. The maximum Gasteiger partial charge on any atom is 0.490 e. The smallest absolute Gasteiger partial charge is 0.475 e. The number of carboxylic acids is 1. The highest BCUT2D eigenvalue weighted by Crippen LogP contribution is 2.39. The first-order valence-corrected chi connectivity index (χ1v) is 12.3. The molecule has 1 atom stereocenters. The van der Waals surface area contributed by atoms with E-state index in [9.17, 15) is 22.8 Å². The minimum Gasteiger partial charge on any atom is -0.475 e. The number of aromatic nitrogens is 2. The van der Waals surface area contributed by atoms with Crippen molar-refractivity contribution in [2.45, 2.75) is 56.3 Å². The number of carboxylic acid groups (broad SMARTS) is 1. The number of alkyl halides is 3. The molecule has 36 heavy (non-hydrogen) atoms. The highest BCUT2D eigenvalue weighted by atomic mass is 19.4. The molecule has 1 aliphatic carbocycles. The van der Waals surface area contributed by atoms with E-state index in [1.165, 1.54) is 12.8 Å². The molecule has 1 aromatic heterocycles. The number of aryl methyl sites for hydroxylation is 1. The molecule has 200 valence electrons. The molecule has 0 unspecified atom stereocenters. The number of likely N-dealkylation sites (tertiary alicyclic amines) is 1. The van der Waals surface area contributed by atoms with E-state index in [0.717, 1.165) is 37.5 Å². The molecule has 4 fully saturated rings. The lowest BCUT2D eigenvalue weighted by Crippen LogP contribution is -2.69. The number of rotatable bonds is 4. The van der Waals surface area contributed by atoms with Gasteiger partial charge in [0.15, 0.2) is 0 Å². The number of aliphatic carboxylic acids is 1. The lowest BCUT2D eigenvalue weighted by Gasteiger charge is -2.53. The molecule has 3 aliphatic heterocycles. The second-order valence-corrected chi connectivity index (χ2v) is 9.88. The Morgan fingerprint density at radius 3 is 2.33 bits per heavy atom. The Morgan fingerprint density at radius 2 is 1.83 bits per heavy atom. The third-order valence-corrected chi connectivity index (χ3v) is 7.37. The summed E-state index contributed by atoms with van der Waals surface area (Å²) in [7, 11) is 1.88. The molecular weight excluding hydrogens is 483 g/mol. The number of anilines is 1. The van der Waals surface area contributed by atoms with Gasteiger partial charge in [0.1, 0.15) is 11.6 Å². The van der Waals surface area contributed by atoms with Gasteiger partial charge in [-0.15, -0.1) is 0 Å². The Labute approximate surface area is 206 Å². The van der Waals surface area contributed by atoms with E-state index < -0.39 is 17.7 Å². The summed E-state index contributed by atoms with van der Waals surface area (Å²) in [6, 6.07) is 0. The zero-order valence-electron chi connectivity index (χ0n) is 20.2. The van der Waals surface area contributed by atoms with Crippen molar-refractivity contribution in [2.24, 2.45) is 13.0 Å². The van der Waals surface area contributed by atoms with Crippen LogP contribution in [-0.4, -0.2) is 99.6 Å². The molecule has 1 spiro atoms. The number of carbonyl (C=O) groups excluding carboxylic acids is 2. The van der Waals surface area contributed by atoms with Gasteiger partial charge in [-0.05, 0) is 44.4 Å². The standard InChI is InChI=1S/C21H31N5O3.C2HF3O2/c1-23-15-17(13-22-23)26-11-10-25(14-16-4-5-16)21(20(26)28)6-8-24(9-7-21)19(27)18-3-2-12-29-18;3-2(4,5)1(6)7/h13,15-16,18H,2-12,14H2,1H3;(H,6,7)/t18-;/m1./s1. The Bertz CT molecular complexity index is 966. The molecule has 13 heteroatoms. The van der Waals surface area contributed by atoms with E-state index in [1.54, 1.807) is 10.9 Å². The number of ether oxygens (including phenoxy) is 1. The van der Waals surface area contributed by atoms with Crippen molar-refractivity contribution in [1.29, 1.82) is 0 Å². The first kappa shape index (κ1) is 26.4. The van der Waals surface area contributed by atoms with Crippen molar-refractivity contribution in [3.8, 4) is 0 Å². The number of halogens is 3. The number of hydrogen-bond donors (Lipinski definition) is 1. The molecule has 0 bridgehead atoms. The summed E-state index contributed by atoms with van der Waals surface area (Å²) in [6.45, 7) is 4.54. The van der Waals surface area contributed by atoms with Crippen LogP contribution in [-0.2, 0) is 26.2 Å². The maximum absolute atomic E-state index is 13.8. The predicted octanol–water partition coefficient (Wildman–Crippen LogP) is 1.65. The molecule has 1 N–H and O–H groups in total. The normalized spacial score (nSPS) is 24.6. The number of piperidine rings is 1. The summed E-state index contributed by atoms with van der Waals surface area (Å²) in [4.78, 5) is 41.7. The van der Waals surface area contributed by atoms with Crippen LogP contribution in [0.5, 0.6) is 0 Å². The van der Waals surface area contributed by atoms with Crippen LogP contribution in [0.4, 0.5) is 18.9 Å². The summed E-state index contributed by atoms with van der Waals surface area (Å²) in [5.41, 5.74) is 0.380. The van der Waals surface area contributed by atoms with Crippen molar-refractivity contribution in [2.75, 3.05) is 44.2 Å². The number of carbonyl (C=O) groups is 3. The summed E-state index contributed by atoms with van der Waals surface area (Å²) in [5.74, 6) is -1.73. The van der Waals surface area contributed by atoms with Crippen LogP contribution < -0.4 is 4.90 Å². The van der Waals surface area contributed by atoms with Crippen LogP contribution >= 0.6 is 0 Å². The number of hydrogen-bond acceptors (Lipinski definition) is 6. The monoisotopic (exact) mass is 515 g/mol. The zero-order chi connectivity index (χ0) is 26.1. The van der Waals surface area contributed by atoms with E-state index in [2.05, 4.69) is 10.00 Å². The molecule has 1 aromatic rings. The second-order valence-electron chi connectivity index (χ2n) is 9.88. The Kier molecular flexibility index (Phi) is 7.60. The summed E-state index contributed by atoms with van der Waals surface area (Å²) in [5, 5.41) is 11.4. The maximum atomic E-state index is 13.8. The van der Waals surface area contributed by atoms with Gasteiger partial charge >= 0.3 is 12.1 Å². The van der Waals surface area contributed by atoms with Crippen LogP contribution in [0.25, 0.3) is 0 Å². The third-order valence-electron chi connectivity index (χ3n) is 7.37.